The standard InChI is InChI=1S/C12H25NO/c1-11(2)6-8-12(13,9-7-11)5-4-10-14-3/h4-10,13H2,1-3H3. The van der Waals surface area contributed by atoms with Gasteiger partial charge in [0.15, 0.2) is 0 Å². The maximum absolute atomic E-state index is 6.37. The van der Waals surface area contributed by atoms with Crippen molar-refractivity contribution in [2.75, 3.05) is 13.7 Å². The van der Waals surface area contributed by atoms with Crippen LogP contribution in [0.15, 0.2) is 0 Å². The molecule has 0 atom stereocenters. The first-order valence-corrected chi connectivity index (χ1v) is 5.75. The van der Waals surface area contributed by atoms with E-state index in [1.807, 2.05) is 0 Å². The summed E-state index contributed by atoms with van der Waals surface area (Å²) in [6, 6.07) is 0. The molecule has 2 heteroatoms. The van der Waals surface area contributed by atoms with Crippen molar-refractivity contribution in [1.82, 2.24) is 0 Å². The van der Waals surface area contributed by atoms with E-state index in [0.717, 1.165) is 19.4 Å². The average molecular weight is 199 g/mol. The van der Waals surface area contributed by atoms with E-state index in [-0.39, 0.29) is 5.54 Å². The van der Waals surface area contributed by atoms with Gasteiger partial charge in [0.05, 0.1) is 0 Å². The van der Waals surface area contributed by atoms with Crippen molar-refractivity contribution in [3.8, 4) is 0 Å². The SMILES string of the molecule is COCCCC1(N)CCC(C)(C)CC1. The zero-order chi connectivity index (χ0) is 10.7. The Kier molecular flexibility index (Phi) is 3.96. The summed E-state index contributed by atoms with van der Waals surface area (Å²) < 4.78 is 5.06. The first-order valence-electron chi connectivity index (χ1n) is 5.75. The highest BCUT2D eigenvalue weighted by molar-refractivity contribution is 4.92. The van der Waals surface area contributed by atoms with Crippen molar-refractivity contribution in [3.05, 3.63) is 0 Å². The third-order valence-corrected chi connectivity index (χ3v) is 3.62. The minimum absolute atomic E-state index is 0.105. The van der Waals surface area contributed by atoms with Gasteiger partial charge in [0.1, 0.15) is 0 Å². The summed E-state index contributed by atoms with van der Waals surface area (Å²) in [5.41, 5.74) is 6.99. The maximum Gasteiger partial charge on any atom is 0.0462 e. The van der Waals surface area contributed by atoms with Gasteiger partial charge in [-0.3, -0.25) is 0 Å². The van der Waals surface area contributed by atoms with Crippen LogP contribution in [0.5, 0.6) is 0 Å². The van der Waals surface area contributed by atoms with Gasteiger partial charge in [0.25, 0.3) is 0 Å². The second-order valence-electron chi connectivity index (χ2n) is 5.62. The van der Waals surface area contributed by atoms with E-state index in [0.29, 0.717) is 5.41 Å². The maximum atomic E-state index is 6.37. The molecule has 1 aliphatic rings. The number of nitrogens with two attached hydrogens (primary N) is 1. The largest absolute Gasteiger partial charge is 0.385 e. The molecule has 0 spiro atoms. The molecule has 1 fully saturated rings. The molecule has 0 saturated heterocycles. The molecular formula is C12H25NO. The first kappa shape index (κ1) is 12.0. The normalized spacial score (nSPS) is 24.9. The smallest absolute Gasteiger partial charge is 0.0462 e. The fourth-order valence-corrected chi connectivity index (χ4v) is 2.24. The Hall–Kier alpha value is -0.0800. The molecule has 0 unspecified atom stereocenters. The fourth-order valence-electron chi connectivity index (χ4n) is 2.24. The van der Waals surface area contributed by atoms with Crippen molar-refractivity contribution in [2.24, 2.45) is 11.1 Å². The van der Waals surface area contributed by atoms with Crippen LogP contribution in [0, 0.1) is 5.41 Å². The summed E-state index contributed by atoms with van der Waals surface area (Å²) >= 11 is 0. The molecule has 0 aromatic carbocycles. The van der Waals surface area contributed by atoms with Gasteiger partial charge in [-0.15, -0.1) is 0 Å². The Balaban J connectivity index is 2.30. The molecule has 0 amide bonds. The van der Waals surface area contributed by atoms with Crippen LogP contribution in [-0.2, 0) is 4.74 Å². The lowest BCUT2D eigenvalue weighted by Crippen LogP contribution is -2.45. The summed E-state index contributed by atoms with van der Waals surface area (Å²) in [7, 11) is 1.76. The van der Waals surface area contributed by atoms with E-state index in [9.17, 15) is 0 Å². The Morgan fingerprint density at radius 2 is 1.71 bits per heavy atom. The van der Waals surface area contributed by atoms with Crippen LogP contribution in [0.25, 0.3) is 0 Å². The third kappa shape index (κ3) is 3.58. The Labute approximate surface area is 88.2 Å². The molecule has 0 aliphatic heterocycles. The lowest BCUT2D eigenvalue weighted by atomic mass is 9.68. The van der Waals surface area contributed by atoms with E-state index in [4.69, 9.17) is 10.5 Å². The van der Waals surface area contributed by atoms with Crippen molar-refractivity contribution >= 4 is 0 Å². The summed E-state index contributed by atoms with van der Waals surface area (Å²) in [6.45, 7) is 5.55. The predicted octanol–water partition coefficient (Wildman–Crippen LogP) is 2.71. The Morgan fingerprint density at radius 3 is 2.21 bits per heavy atom. The summed E-state index contributed by atoms with van der Waals surface area (Å²) in [6.07, 6.45) is 7.14. The lowest BCUT2D eigenvalue weighted by molar-refractivity contribution is 0.137. The molecule has 0 radical (unpaired) electrons. The van der Waals surface area contributed by atoms with Gasteiger partial charge < -0.3 is 10.5 Å². The summed E-state index contributed by atoms with van der Waals surface area (Å²) in [5.74, 6) is 0. The molecule has 1 aliphatic carbocycles. The van der Waals surface area contributed by atoms with E-state index in [1.54, 1.807) is 7.11 Å². The van der Waals surface area contributed by atoms with Gasteiger partial charge >= 0.3 is 0 Å². The van der Waals surface area contributed by atoms with Crippen LogP contribution < -0.4 is 5.73 Å². The van der Waals surface area contributed by atoms with Gasteiger partial charge in [-0.05, 0) is 43.9 Å². The Bertz CT molecular complexity index is 167. The van der Waals surface area contributed by atoms with Crippen molar-refractivity contribution < 1.29 is 4.74 Å². The van der Waals surface area contributed by atoms with Crippen LogP contribution in [-0.4, -0.2) is 19.3 Å². The van der Waals surface area contributed by atoms with Crippen LogP contribution in [0.2, 0.25) is 0 Å². The van der Waals surface area contributed by atoms with Crippen molar-refractivity contribution in [2.45, 2.75) is 57.9 Å². The highest BCUT2D eigenvalue weighted by Crippen LogP contribution is 2.40. The van der Waals surface area contributed by atoms with Crippen LogP contribution in [0.3, 0.4) is 0 Å². The second-order valence-corrected chi connectivity index (χ2v) is 5.62. The van der Waals surface area contributed by atoms with Gasteiger partial charge in [0, 0.05) is 19.3 Å². The van der Waals surface area contributed by atoms with Crippen LogP contribution in [0.4, 0.5) is 0 Å². The molecule has 2 N–H and O–H groups in total. The molecule has 0 aromatic heterocycles. The van der Waals surface area contributed by atoms with Crippen LogP contribution >= 0.6 is 0 Å². The number of hydrogen-bond acceptors (Lipinski definition) is 2. The molecule has 1 rings (SSSR count). The van der Waals surface area contributed by atoms with Gasteiger partial charge in [-0.25, -0.2) is 0 Å². The summed E-state index contributed by atoms with van der Waals surface area (Å²) in [5, 5.41) is 0. The van der Waals surface area contributed by atoms with Crippen molar-refractivity contribution in [1.29, 1.82) is 0 Å². The Morgan fingerprint density at radius 1 is 1.14 bits per heavy atom. The van der Waals surface area contributed by atoms with Crippen LogP contribution in [0.1, 0.15) is 52.4 Å². The minimum atomic E-state index is 0.105. The highest BCUT2D eigenvalue weighted by atomic mass is 16.5. The van der Waals surface area contributed by atoms with E-state index < -0.39 is 0 Å². The van der Waals surface area contributed by atoms with Gasteiger partial charge in [-0.2, -0.15) is 0 Å². The topological polar surface area (TPSA) is 35.2 Å². The molecule has 2 nitrogen and oxygen atoms in total. The molecule has 84 valence electrons. The monoisotopic (exact) mass is 199 g/mol. The second kappa shape index (κ2) is 4.63. The molecule has 0 bridgehead atoms. The molecular weight excluding hydrogens is 174 g/mol. The van der Waals surface area contributed by atoms with E-state index in [1.165, 1.54) is 25.7 Å². The van der Waals surface area contributed by atoms with E-state index in [2.05, 4.69) is 13.8 Å². The van der Waals surface area contributed by atoms with E-state index >= 15 is 0 Å². The first-order chi connectivity index (χ1) is 6.47. The molecule has 14 heavy (non-hydrogen) atoms. The van der Waals surface area contributed by atoms with Gasteiger partial charge in [0.2, 0.25) is 0 Å². The highest BCUT2D eigenvalue weighted by Gasteiger charge is 2.34. The zero-order valence-electron chi connectivity index (χ0n) is 9.94. The number of ether oxygens (including phenoxy) is 1. The van der Waals surface area contributed by atoms with Crippen molar-refractivity contribution in [3.63, 3.8) is 0 Å². The molecule has 1 saturated carbocycles. The number of rotatable bonds is 4. The van der Waals surface area contributed by atoms with Gasteiger partial charge in [-0.1, -0.05) is 13.8 Å². The zero-order valence-corrected chi connectivity index (χ0v) is 9.94. The summed E-state index contributed by atoms with van der Waals surface area (Å²) in [4.78, 5) is 0. The average Bonchev–Trinajstić information content (AvgIpc) is 2.12. The molecule has 0 aromatic rings. The predicted molar refractivity (Wildman–Crippen MR) is 60.3 cm³/mol. The number of methoxy groups -OCH3 is 1. The fraction of sp³-hybridized carbons (Fsp3) is 1.00. The quantitative estimate of drug-likeness (QED) is 0.707. The third-order valence-electron chi connectivity index (χ3n) is 3.62. The molecule has 0 heterocycles. The minimum Gasteiger partial charge on any atom is -0.385 e. The lowest BCUT2D eigenvalue weighted by Gasteiger charge is -2.41. The number of hydrogen-bond donors (Lipinski definition) is 1.